The fraction of sp³-hybridized carbons (Fsp3) is 0.846. The quantitative estimate of drug-likeness (QED) is 0.645. The Balaban J connectivity index is 2.65. The number of hydrogen-bond donors (Lipinski definition) is 0. The van der Waals surface area contributed by atoms with Gasteiger partial charge in [-0.1, -0.05) is 13.3 Å². The van der Waals surface area contributed by atoms with E-state index in [1.807, 2.05) is 0 Å². The van der Waals surface area contributed by atoms with Crippen LogP contribution in [0.25, 0.3) is 0 Å². The van der Waals surface area contributed by atoms with Gasteiger partial charge < -0.3 is 4.79 Å². The molecule has 1 aliphatic rings. The maximum Gasteiger partial charge on any atom is 0.121 e. The number of piperidine rings is 1. The van der Waals surface area contributed by atoms with Crippen molar-refractivity contribution in [3.8, 4) is 0 Å². The van der Waals surface area contributed by atoms with Gasteiger partial charge in [-0.3, -0.25) is 9.80 Å². The molecule has 3 nitrogen and oxygen atoms in total. The van der Waals surface area contributed by atoms with E-state index in [0.717, 1.165) is 25.7 Å². The van der Waals surface area contributed by atoms with Crippen LogP contribution in [0, 0.1) is 6.92 Å². The van der Waals surface area contributed by atoms with Crippen LogP contribution < -0.4 is 0 Å². The monoisotopic (exact) mass is 225 g/mol. The number of nitrogens with zero attached hydrogens (tertiary/aromatic N) is 2. The largest absolute Gasteiger partial charge is 0.303 e. The molecule has 16 heavy (non-hydrogen) atoms. The van der Waals surface area contributed by atoms with Crippen molar-refractivity contribution >= 4 is 6.29 Å². The second-order valence-corrected chi connectivity index (χ2v) is 4.88. The third kappa shape index (κ3) is 3.56. The van der Waals surface area contributed by atoms with E-state index in [-0.39, 0.29) is 0 Å². The molecular formula is C13H25N2O. The average molecular weight is 225 g/mol. The summed E-state index contributed by atoms with van der Waals surface area (Å²) in [5.41, 5.74) is 0. The number of rotatable bonds is 6. The lowest BCUT2D eigenvalue weighted by Crippen LogP contribution is -2.52. The molecule has 1 saturated heterocycles. The molecule has 1 radical (unpaired) electrons. The first kappa shape index (κ1) is 13.7. The maximum absolute atomic E-state index is 10.7. The first-order valence-corrected chi connectivity index (χ1v) is 6.35. The highest BCUT2D eigenvalue weighted by molar-refractivity contribution is 5.50. The van der Waals surface area contributed by atoms with Gasteiger partial charge >= 0.3 is 0 Å². The van der Waals surface area contributed by atoms with Gasteiger partial charge in [0.05, 0.1) is 6.17 Å². The Kier molecular flexibility index (Phi) is 5.99. The normalized spacial score (nSPS) is 24.6. The molecule has 2 atom stereocenters. The van der Waals surface area contributed by atoms with Crippen LogP contribution in [0.15, 0.2) is 0 Å². The SMILES string of the molecule is [CH2]CCC(CC=O)N1CCCCC1N(C)C. The molecule has 0 aromatic carbocycles. The summed E-state index contributed by atoms with van der Waals surface area (Å²) in [5, 5.41) is 0. The standard InChI is InChI=1S/C13H25N2O/c1-4-7-12(9-11-16)15-10-6-5-8-13(15)14(2)3/h11-13H,1,4-10H2,2-3H3. The van der Waals surface area contributed by atoms with Crippen LogP contribution in [0.1, 0.15) is 38.5 Å². The molecule has 0 amide bonds. The van der Waals surface area contributed by atoms with E-state index in [1.54, 1.807) is 0 Å². The predicted octanol–water partition coefficient (Wildman–Crippen LogP) is 1.93. The van der Waals surface area contributed by atoms with Gasteiger partial charge in [0.15, 0.2) is 0 Å². The van der Waals surface area contributed by atoms with E-state index in [4.69, 9.17) is 0 Å². The molecule has 1 aliphatic heterocycles. The number of aldehydes is 1. The Morgan fingerprint density at radius 2 is 2.25 bits per heavy atom. The Labute approximate surface area is 99.8 Å². The lowest BCUT2D eigenvalue weighted by Gasteiger charge is -2.43. The number of likely N-dealkylation sites (tertiary alicyclic amines) is 1. The topological polar surface area (TPSA) is 23.6 Å². The van der Waals surface area contributed by atoms with Crippen molar-refractivity contribution in [1.82, 2.24) is 9.80 Å². The molecule has 0 spiro atoms. The van der Waals surface area contributed by atoms with Gasteiger partial charge in [0.25, 0.3) is 0 Å². The molecule has 1 heterocycles. The lowest BCUT2D eigenvalue weighted by molar-refractivity contribution is -0.110. The molecule has 93 valence electrons. The Morgan fingerprint density at radius 1 is 1.50 bits per heavy atom. The van der Waals surface area contributed by atoms with Gasteiger partial charge in [-0.2, -0.15) is 0 Å². The summed E-state index contributed by atoms with van der Waals surface area (Å²) in [6, 6.07) is 0.391. The summed E-state index contributed by atoms with van der Waals surface area (Å²) < 4.78 is 0. The second kappa shape index (κ2) is 7.02. The van der Waals surface area contributed by atoms with E-state index in [0.29, 0.717) is 18.6 Å². The molecule has 1 rings (SSSR count). The Hall–Kier alpha value is -0.410. The van der Waals surface area contributed by atoms with Crippen molar-refractivity contribution < 1.29 is 4.79 Å². The van der Waals surface area contributed by atoms with Gasteiger partial charge in [-0.05, 0) is 46.3 Å². The minimum absolute atomic E-state index is 0.391. The fourth-order valence-electron chi connectivity index (χ4n) is 2.68. The molecule has 1 fully saturated rings. The van der Waals surface area contributed by atoms with E-state index in [9.17, 15) is 4.79 Å². The van der Waals surface area contributed by atoms with Crippen molar-refractivity contribution in [2.45, 2.75) is 50.7 Å². The highest BCUT2D eigenvalue weighted by Crippen LogP contribution is 2.24. The molecule has 0 N–H and O–H groups in total. The zero-order valence-electron chi connectivity index (χ0n) is 10.7. The van der Waals surface area contributed by atoms with E-state index >= 15 is 0 Å². The van der Waals surface area contributed by atoms with Crippen molar-refractivity contribution in [2.75, 3.05) is 20.6 Å². The van der Waals surface area contributed by atoms with Gasteiger partial charge in [0, 0.05) is 12.5 Å². The second-order valence-electron chi connectivity index (χ2n) is 4.88. The van der Waals surface area contributed by atoms with Crippen LogP contribution in [-0.2, 0) is 4.79 Å². The van der Waals surface area contributed by atoms with Gasteiger partial charge in [-0.25, -0.2) is 0 Å². The van der Waals surface area contributed by atoms with Crippen LogP contribution in [0.3, 0.4) is 0 Å². The van der Waals surface area contributed by atoms with E-state index < -0.39 is 0 Å². The molecule has 0 aromatic rings. The zero-order valence-corrected chi connectivity index (χ0v) is 10.7. The molecule has 0 aliphatic carbocycles. The molecular weight excluding hydrogens is 200 g/mol. The van der Waals surface area contributed by atoms with Gasteiger partial charge in [0.1, 0.15) is 6.29 Å². The number of carbonyl (C=O) groups excluding carboxylic acids is 1. The Bertz CT molecular complexity index is 206. The zero-order chi connectivity index (χ0) is 12.0. The number of hydrogen-bond acceptors (Lipinski definition) is 3. The predicted molar refractivity (Wildman–Crippen MR) is 67.1 cm³/mol. The van der Waals surface area contributed by atoms with Crippen molar-refractivity contribution in [2.24, 2.45) is 0 Å². The minimum atomic E-state index is 0.391. The van der Waals surface area contributed by atoms with E-state index in [2.05, 4.69) is 30.8 Å². The summed E-state index contributed by atoms with van der Waals surface area (Å²) in [7, 11) is 4.26. The average Bonchev–Trinajstić information content (AvgIpc) is 2.29. The summed E-state index contributed by atoms with van der Waals surface area (Å²) in [6.45, 7) is 5.04. The maximum atomic E-state index is 10.7. The summed E-state index contributed by atoms with van der Waals surface area (Å²) in [6.07, 6.45) is 7.94. The van der Waals surface area contributed by atoms with Crippen LogP contribution in [0.2, 0.25) is 0 Å². The summed E-state index contributed by atoms with van der Waals surface area (Å²) in [5.74, 6) is 0. The smallest absolute Gasteiger partial charge is 0.121 e. The lowest BCUT2D eigenvalue weighted by atomic mass is 10.00. The first-order chi connectivity index (χ1) is 7.70. The Morgan fingerprint density at radius 3 is 2.81 bits per heavy atom. The van der Waals surface area contributed by atoms with E-state index in [1.165, 1.54) is 19.3 Å². The summed E-state index contributed by atoms with van der Waals surface area (Å²) >= 11 is 0. The van der Waals surface area contributed by atoms with Crippen molar-refractivity contribution in [1.29, 1.82) is 0 Å². The third-order valence-electron chi connectivity index (χ3n) is 3.48. The van der Waals surface area contributed by atoms with Crippen LogP contribution in [0.5, 0.6) is 0 Å². The van der Waals surface area contributed by atoms with Crippen LogP contribution >= 0.6 is 0 Å². The highest BCUT2D eigenvalue weighted by atomic mass is 16.1. The highest BCUT2D eigenvalue weighted by Gasteiger charge is 2.29. The molecule has 0 saturated carbocycles. The van der Waals surface area contributed by atoms with Crippen molar-refractivity contribution in [3.05, 3.63) is 6.92 Å². The number of carbonyl (C=O) groups is 1. The molecule has 3 heteroatoms. The van der Waals surface area contributed by atoms with Crippen molar-refractivity contribution in [3.63, 3.8) is 0 Å². The molecule has 0 aromatic heterocycles. The van der Waals surface area contributed by atoms with Gasteiger partial charge in [0.2, 0.25) is 0 Å². The fourth-order valence-corrected chi connectivity index (χ4v) is 2.68. The third-order valence-corrected chi connectivity index (χ3v) is 3.48. The van der Waals surface area contributed by atoms with Crippen LogP contribution in [-0.4, -0.2) is 48.9 Å². The first-order valence-electron chi connectivity index (χ1n) is 6.35. The van der Waals surface area contributed by atoms with Gasteiger partial charge in [-0.15, -0.1) is 0 Å². The summed E-state index contributed by atoms with van der Waals surface area (Å²) in [4.78, 5) is 15.5. The van der Waals surface area contributed by atoms with Crippen LogP contribution in [0.4, 0.5) is 0 Å². The molecule has 2 unspecified atom stereocenters. The molecule has 0 bridgehead atoms. The minimum Gasteiger partial charge on any atom is -0.303 e.